The van der Waals surface area contributed by atoms with Crippen molar-refractivity contribution in [3.05, 3.63) is 51.7 Å². The molecule has 1 aromatic carbocycles. The van der Waals surface area contributed by atoms with E-state index in [-0.39, 0.29) is 16.0 Å². The second kappa shape index (κ2) is 7.23. The number of aryl methyl sites for hydroxylation is 2. The zero-order valence-electron chi connectivity index (χ0n) is 14.7. The maximum absolute atomic E-state index is 11.5. The Labute approximate surface area is 147 Å². The quantitative estimate of drug-likeness (QED) is 0.643. The molecule has 1 aliphatic rings. The van der Waals surface area contributed by atoms with Crippen LogP contribution in [0.15, 0.2) is 30.3 Å². The number of nitrogens with zero attached hydrogens (tertiary/aromatic N) is 3. The molecule has 1 aliphatic heterocycles. The molecule has 1 saturated heterocycles. The molecule has 7 heteroatoms. The normalized spacial score (nSPS) is 16.6. The lowest BCUT2D eigenvalue weighted by atomic mass is 9.74. The van der Waals surface area contributed by atoms with Gasteiger partial charge in [-0.3, -0.25) is 10.1 Å². The van der Waals surface area contributed by atoms with Crippen LogP contribution in [0.3, 0.4) is 0 Å². The second-order valence-corrected chi connectivity index (χ2v) is 6.49. The van der Waals surface area contributed by atoms with Gasteiger partial charge in [0.1, 0.15) is 5.69 Å². The highest BCUT2D eigenvalue weighted by molar-refractivity contribution is 5.60. The predicted octanol–water partition coefficient (Wildman–Crippen LogP) is 3.05. The Morgan fingerprint density at radius 2 is 2.00 bits per heavy atom. The first kappa shape index (κ1) is 17.4. The summed E-state index contributed by atoms with van der Waals surface area (Å²) < 4.78 is 7.13. The monoisotopic (exact) mass is 344 g/mol. The molecule has 0 atom stereocenters. The number of aromatic nitrogens is 2. The highest BCUT2D eigenvalue weighted by Crippen LogP contribution is 2.36. The zero-order chi connectivity index (χ0) is 17.9. The summed E-state index contributed by atoms with van der Waals surface area (Å²) in [6.07, 6.45) is 2.30. The molecule has 2 heterocycles. The Hall–Kier alpha value is -2.41. The summed E-state index contributed by atoms with van der Waals surface area (Å²) in [5, 5.41) is 19.1. The molecule has 0 bridgehead atoms. The lowest BCUT2D eigenvalue weighted by molar-refractivity contribution is -0.384. The van der Waals surface area contributed by atoms with Gasteiger partial charge >= 0.3 is 5.69 Å². The third-order valence-corrected chi connectivity index (χ3v) is 5.04. The molecule has 3 rings (SSSR count). The Bertz CT molecular complexity index is 736. The summed E-state index contributed by atoms with van der Waals surface area (Å²) in [5.41, 5.74) is 1.74. The number of hydrogen-bond donors (Lipinski definition) is 1. The van der Waals surface area contributed by atoms with Crippen LogP contribution in [-0.4, -0.2) is 34.5 Å². The largest absolute Gasteiger partial charge is 0.381 e. The van der Waals surface area contributed by atoms with Crippen molar-refractivity contribution in [1.29, 1.82) is 0 Å². The van der Waals surface area contributed by atoms with Crippen LogP contribution in [0.1, 0.15) is 31.0 Å². The van der Waals surface area contributed by atoms with Gasteiger partial charge in [0.2, 0.25) is 5.82 Å². The van der Waals surface area contributed by atoms with Crippen LogP contribution in [0.2, 0.25) is 0 Å². The van der Waals surface area contributed by atoms with Crippen LogP contribution in [0.4, 0.5) is 11.5 Å². The lowest BCUT2D eigenvalue weighted by Crippen LogP contribution is -2.40. The van der Waals surface area contributed by atoms with Gasteiger partial charge in [0, 0.05) is 32.2 Å². The molecule has 0 spiro atoms. The van der Waals surface area contributed by atoms with Crippen molar-refractivity contribution in [1.82, 2.24) is 9.78 Å². The fourth-order valence-corrected chi connectivity index (χ4v) is 3.57. The number of nitrogens with one attached hydrogen (secondary N) is 1. The molecule has 134 valence electrons. The number of anilines is 1. The van der Waals surface area contributed by atoms with Crippen LogP contribution in [0.25, 0.3) is 0 Å². The first-order chi connectivity index (χ1) is 12.1. The van der Waals surface area contributed by atoms with Gasteiger partial charge in [-0.2, -0.15) is 5.10 Å². The van der Waals surface area contributed by atoms with Crippen LogP contribution < -0.4 is 5.32 Å². The Balaban J connectivity index is 1.90. The number of ether oxygens (including phenoxy) is 1. The highest BCUT2D eigenvalue weighted by atomic mass is 16.6. The summed E-state index contributed by atoms with van der Waals surface area (Å²) in [6, 6.07) is 10.3. The lowest BCUT2D eigenvalue weighted by Gasteiger charge is -2.38. The third-order valence-electron chi connectivity index (χ3n) is 5.04. The van der Waals surface area contributed by atoms with Gasteiger partial charge in [-0.1, -0.05) is 37.3 Å². The van der Waals surface area contributed by atoms with Crippen molar-refractivity contribution in [2.45, 2.75) is 31.6 Å². The van der Waals surface area contributed by atoms with Gasteiger partial charge in [-0.15, -0.1) is 0 Å². The number of rotatable bonds is 6. The van der Waals surface area contributed by atoms with Crippen LogP contribution in [0.5, 0.6) is 0 Å². The average Bonchev–Trinajstić information content (AvgIpc) is 2.97. The second-order valence-electron chi connectivity index (χ2n) is 6.49. The molecule has 0 amide bonds. The summed E-state index contributed by atoms with van der Waals surface area (Å²) in [4.78, 5) is 11.2. The van der Waals surface area contributed by atoms with E-state index in [9.17, 15) is 10.1 Å². The molecule has 1 N–H and O–H groups in total. The smallest absolute Gasteiger partial charge is 0.333 e. The minimum absolute atomic E-state index is 0.0836. The first-order valence-corrected chi connectivity index (χ1v) is 8.65. The van der Waals surface area contributed by atoms with Crippen molar-refractivity contribution in [2.75, 3.05) is 25.1 Å². The number of benzene rings is 1. The first-order valence-electron chi connectivity index (χ1n) is 8.65. The van der Waals surface area contributed by atoms with Gasteiger partial charge in [0.05, 0.1) is 4.92 Å². The Morgan fingerprint density at radius 3 is 2.60 bits per heavy atom. The maximum atomic E-state index is 11.5. The Kier molecular flexibility index (Phi) is 5.03. The van der Waals surface area contributed by atoms with Gasteiger partial charge in [0.15, 0.2) is 0 Å². The topological polar surface area (TPSA) is 82.2 Å². The maximum Gasteiger partial charge on any atom is 0.333 e. The summed E-state index contributed by atoms with van der Waals surface area (Å²) in [6.45, 7) is 3.89. The van der Waals surface area contributed by atoms with Gasteiger partial charge in [0.25, 0.3) is 0 Å². The van der Waals surface area contributed by atoms with Crippen molar-refractivity contribution in [2.24, 2.45) is 7.05 Å². The fraction of sp³-hybridized carbons (Fsp3) is 0.500. The summed E-state index contributed by atoms with van der Waals surface area (Å²) >= 11 is 0. The predicted molar refractivity (Wildman–Crippen MR) is 95.9 cm³/mol. The molecular formula is C18H24N4O3. The molecule has 0 unspecified atom stereocenters. The molecular weight excluding hydrogens is 320 g/mol. The van der Waals surface area contributed by atoms with E-state index in [2.05, 4.69) is 22.5 Å². The van der Waals surface area contributed by atoms with Gasteiger partial charge < -0.3 is 10.1 Å². The van der Waals surface area contributed by atoms with Crippen LogP contribution in [0, 0.1) is 10.1 Å². The van der Waals surface area contributed by atoms with Crippen molar-refractivity contribution < 1.29 is 9.66 Å². The summed E-state index contributed by atoms with van der Waals surface area (Å²) in [5.74, 6) is 0.476. The third kappa shape index (κ3) is 3.37. The molecule has 0 radical (unpaired) electrons. The van der Waals surface area contributed by atoms with E-state index in [0.717, 1.165) is 12.8 Å². The summed E-state index contributed by atoms with van der Waals surface area (Å²) in [7, 11) is 1.74. The molecule has 2 aromatic rings. The highest BCUT2D eigenvalue weighted by Gasteiger charge is 2.36. The van der Waals surface area contributed by atoms with Crippen molar-refractivity contribution in [3.8, 4) is 0 Å². The van der Waals surface area contributed by atoms with Crippen molar-refractivity contribution >= 4 is 11.5 Å². The molecule has 0 aliphatic carbocycles. The minimum Gasteiger partial charge on any atom is -0.381 e. The SMILES string of the molecule is CCc1nn(C)c(NCC2(c3ccccc3)CCOCC2)c1[N+](=O)[O-]. The average molecular weight is 344 g/mol. The van der Waals surface area contributed by atoms with E-state index in [0.29, 0.717) is 37.7 Å². The minimum atomic E-state index is -0.340. The van der Waals surface area contributed by atoms with Crippen LogP contribution in [-0.2, 0) is 23.6 Å². The van der Waals surface area contributed by atoms with E-state index >= 15 is 0 Å². The standard InChI is InChI=1S/C18H24N4O3/c1-3-15-16(22(23)24)17(21(2)20-15)19-13-18(9-11-25-12-10-18)14-7-5-4-6-8-14/h4-8,19H,3,9-13H2,1-2H3. The molecule has 25 heavy (non-hydrogen) atoms. The number of nitro groups is 1. The van der Waals surface area contributed by atoms with E-state index in [1.807, 2.05) is 25.1 Å². The van der Waals surface area contributed by atoms with E-state index in [1.165, 1.54) is 5.56 Å². The van der Waals surface area contributed by atoms with Gasteiger partial charge in [-0.25, -0.2) is 4.68 Å². The number of hydrogen-bond acceptors (Lipinski definition) is 5. The molecule has 1 fully saturated rings. The fourth-order valence-electron chi connectivity index (χ4n) is 3.57. The van der Waals surface area contributed by atoms with E-state index in [1.54, 1.807) is 11.7 Å². The van der Waals surface area contributed by atoms with E-state index < -0.39 is 0 Å². The van der Waals surface area contributed by atoms with E-state index in [4.69, 9.17) is 4.74 Å². The molecule has 7 nitrogen and oxygen atoms in total. The Morgan fingerprint density at radius 1 is 1.32 bits per heavy atom. The molecule has 1 aromatic heterocycles. The van der Waals surface area contributed by atoms with Crippen molar-refractivity contribution in [3.63, 3.8) is 0 Å². The van der Waals surface area contributed by atoms with Gasteiger partial charge in [-0.05, 0) is 24.8 Å². The van der Waals surface area contributed by atoms with Crippen LogP contribution >= 0.6 is 0 Å². The molecule has 0 saturated carbocycles. The zero-order valence-corrected chi connectivity index (χ0v) is 14.7.